The van der Waals surface area contributed by atoms with Crippen molar-refractivity contribution in [2.45, 2.75) is 6.42 Å². The van der Waals surface area contributed by atoms with Crippen LogP contribution in [0.3, 0.4) is 0 Å². The predicted octanol–water partition coefficient (Wildman–Crippen LogP) is 1.32. The summed E-state index contributed by atoms with van der Waals surface area (Å²) in [6, 6.07) is 7.28. The van der Waals surface area contributed by atoms with Crippen LogP contribution in [-0.4, -0.2) is 41.0 Å². The van der Waals surface area contributed by atoms with E-state index in [1.165, 1.54) is 11.3 Å². The molecule has 126 valence electrons. The second-order valence-electron chi connectivity index (χ2n) is 4.75. The van der Waals surface area contributed by atoms with Crippen LogP contribution in [0.15, 0.2) is 29.6 Å². The molecule has 0 fully saturated rings. The first-order valence-corrected chi connectivity index (χ1v) is 8.16. The molecule has 7 nitrogen and oxygen atoms in total. The highest BCUT2D eigenvalue weighted by molar-refractivity contribution is 7.13. The Morgan fingerprint density at radius 2 is 1.83 bits per heavy atom. The number of carbonyl (C=O) groups is 3. The fourth-order valence-corrected chi connectivity index (χ4v) is 2.93. The highest BCUT2D eigenvalue weighted by atomic mass is 35.5. The van der Waals surface area contributed by atoms with Gasteiger partial charge in [-0.3, -0.25) is 14.4 Å². The quantitative estimate of drug-likeness (QED) is 0.684. The number of carboxylic acid groups (broad SMARTS) is 1. The van der Waals surface area contributed by atoms with Crippen LogP contribution in [-0.2, 0) is 20.8 Å². The summed E-state index contributed by atoms with van der Waals surface area (Å²) in [6.07, 6.45) is 0.0210. The lowest BCUT2D eigenvalue weighted by Gasteiger charge is -2.04. The number of thiazole rings is 1. The van der Waals surface area contributed by atoms with Gasteiger partial charge in [0.2, 0.25) is 11.8 Å². The van der Waals surface area contributed by atoms with Crippen molar-refractivity contribution in [3.63, 3.8) is 0 Å². The molecule has 2 amide bonds. The van der Waals surface area contributed by atoms with Gasteiger partial charge >= 0.3 is 5.97 Å². The molecule has 9 heteroatoms. The van der Waals surface area contributed by atoms with Crippen LogP contribution in [0.2, 0.25) is 5.02 Å². The number of hydrogen-bond donors (Lipinski definition) is 3. The highest BCUT2D eigenvalue weighted by Crippen LogP contribution is 2.30. The number of carboxylic acids is 1. The van der Waals surface area contributed by atoms with E-state index in [1.54, 1.807) is 11.4 Å². The summed E-state index contributed by atoms with van der Waals surface area (Å²) in [5.74, 6) is -2.10. The van der Waals surface area contributed by atoms with E-state index in [4.69, 9.17) is 16.7 Å². The molecule has 3 N–H and O–H groups in total. The van der Waals surface area contributed by atoms with Gasteiger partial charge in [-0.1, -0.05) is 29.8 Å². The summed E-state index contributed by atoms with van der Waals surface area (Å²) in [5, 5.41) is 16.0. The molecule has 0 spiro atoms. The van der Waals surface area contributed by atoms with Gasteiger partial charge < -0.3 is 15.7 Å². The molecule has 1 heterocycles. The van der Waals surface area contributed by atoms with Gasteiger partial charge in [0.1, 0.15) is 11.6 Å². The van der Waals surface area contributed by atoms with E-state index >= 15 is 0 Å². The average Bonchev–Trinajstić information content (AvgIpc) is 2.99. The molecule has 0 aliphatic carbocycles. The zero-order chi connectivity index (χ0) is 17.5. The summed E-state index contributed by atoms with van der Waals surface area (Å²) >= 11 is 7.49. The van der Waals surface area contributed by atoms with Crippen molar-refractivity contribution in [3.8, 4) is 10.6 Å². The fraction of sp³-hybridized carbons (Fsp3) is 0.200. The van der Waals surface area contributed by atoms with Crippen molar-refractivity contribution in [1.29, 1.82) is 0 Å². The Morgan fingerprint density at radius 3 is 2.54 bits per heavy atom. The zero-order valence-electron chi connectivity index (χ0n) is 12.4. The van der Waals surface area contributed by atoms with Crippen molar-refractivity contribution in [2.75, 3.05) is 13.1 Å². The average molecular weight is 368 g/mol. The van der Waals surface area contributed by atoms with Gasteiger partial charge in [0.25, 0.3) is 0 Å². The van der Waals surface area contributed by atoms with Gasteiger partial charge in [-0.05, 0) is 6.07 Å². The molecular weight excluding hydrogens is 354 g/mol. The second kappa shape index (κ2) is 8.42. The molecule has 0 bridgehead atoms. The van der Waals surface area contributed by atoms with Crippen molar-refractivity contribution < 1.29 is 19.5 Å². The van der Waals surface area contributed by atoms with Gasteiger partial charge in [0.15, 0.2) is 0 Å². The number of aliphatic carboxylic acids is 1. The van der Waals surface area contributed by atoms with Crippen LogP contribution in [0.5, 0.6) is 0 Å². The molecule has 0 radical (unpaired) electrons. The Kier molecular flexibility index (Phi) is 6.28. The topological polar surface area (TPSA) is 108 Å². The van der Waals surface area contributed by atoms with Gasteiger partial charge in [0.05, 0.1) is 23.7 Å². The first kappa shape index (κ1) is 17.9. The van der Waals surface area contributed by atoms with Gasteiger partial charge in [-0.2, -0.15) is 0 Å². The van der Waals surface area contributed by atoms with Crippen molar-refractivity contribution in [3.05, 3.63) is 40.4 Å². The number of carbonyl (C=O) groups excluding carboxylic acids is 2. The third-order valence-electron chi connectivity index (χ3n) is 2.88. The summed E-state index contributed by atoms with van der Waals surface area (Å²) in [6.45, 7) is -0.768. The molecule has 2 rings (SSSR count). The lowest BCUT2D eigenvalue weighted by Crippen LogP contribution is -2.39. The maximum atomic E-state index is 11.8. The Labute approximate surface area is 146 Å². The largest absolute Gasteiger partial charge is 0.480 e. The van der Waals surface area contributed by atoms with Crippen LogP contribution < -0.4 is 10.6 Å². The molecule has 24 heavy (non-hydrogen) atoms. The molecule has 0 saturated carbocycles. The number of aromatic nitrogens is 1. The van der Waals surface area contributed by atoms with E-state index < -0.39 is 18.4 Å². The predicted molar refractivity (Wildman–Crippen MR) is 89.9 cm³/mol. The number of nitrogens with zero attached hydrogens (tertiary/aromatic N) is 1. The maximum Gasteiger partial charge on any atom is 0.322 e. The monoisotopic (exact) mass is 367 g/mol. The molecule has 0 saturated heterocycles. The maximum absolute atomic E-state index is 11.8. The summed E-state index contributed by atoms with van der Waals surface area (Å²) < 4.78 is 0. The lowest BCUT2D eigenvalue weighted by molar-refractivity contribution is -0.137. The Hall–Kier alpha value is -2.45. The molecule has 0 unspecified atom stereocenters. The lowest BCUT2D eigenvalue weighted by atomic mass is 10.2. The van der Waals surface area contributed by atoms with Crippen LogP contribution >= 0.6 is 22.9 Å². The standard InChI is InChI=1S/C15H14ClN3O4S/c16-11-4-2-1-3-10(11)15-19-9(8-24-15)5-12(20)17-6-13(21)18-7-14(22)23/h1-4,8H,5-7H2,(H,17,20)(H,18,21)(H,22,23). The van der Waals surface area contributed by atoms with Crippen molar-refractivity contribution >= 4 is 40.7 Å². The zero-order valence-corrected chi connectivity index (χ0v) is 14.0. The first-order chi connectivity index (χ1) is 11.5. The molecule has 0 atom stereocenters. The Morgan fingerprint density at radius 1 is 1.12 bits per heavy atom. The third-order valence-corrected chi connectivity index (χ3v) is 4.13. The smallest absolute Gasteiger partial charge is 0.322 e. The van der Waals surface area contributed by atoms with Crippen molar-refractivity contribution in [1.82, 2.24) is 15.6 Å². The fourth-order valence-electron chi connectivity index (χ4n) is 1.79. The second-order valence-corrected chi connectivity index (χ2v) is 6.01. The number of nitrogens with one attached hydrogen (secondary N) is 2. The van der Waals surface area contributed by atoms with Crippen molar-refractivity contribution in [2.24, 2.45) is 0 Å². The third kappa shape index (κ3) is 5.32. The molecule has 0 aliphatic rings. The normalized spacial score (nSPS) is 10.2. The number of amides is 2. The van der Waals surface area contributed by atoms with Gasteiger partial charge in [0, 0.05) is 10.9 Å². The van der Waals surface area contributed by atoms with E-state index in [0.29, 0.717) is 15.7 Å². The van der Waals surface area contributed by atoms with Gasteiger partial charge in [-0.15, -0.1) is 11.3 Å². The highest BCUT2D eigenvalue weighted by Gasteiger charge is 2.12. The van der Waals surface area contributed by atoms with Crippen LogP contribution in [0.25, 0.3) is 10.6 Å². The number of rotatable bonds is 7. The van der Waals surface area contributed by atoms with Gasteiger partial charge in [-0.25, -0.2) is 4.98 Å². The number of hydrogen-bond acceptors (Lipinski definition) is 5. The molecular formula is C15H14ClN3O4S. The molecule has 1 aromatic heterocycles. The molecule has 2 aromatic rings. The summed E-state index contributed by atoms with van der Waals surface area (Å²) in [7, 11) is 0. The Bertz CT molecular complexity index is 763. The van der Waals surface area contributed by atoms with E-state index in [1.807, 2.05) is 18.2 Å². The minimum atomic E-state index is -1.15. The van der Waals surface area contributed by atoms with E-state index in [9.17, 15) is 14.4 Å². The van der Waals surface area contributed by atoms with Crippen LogP contribution in [0, 0.1) is 0 Å². The molecule has 1 aromatic carbocycles. The van der Waals surface area contributed by atoms with Crippen LogP contribution in [0.4, 0.5) is 0 Å². The first-order valence-electron chi connectivity index (χ1n) is 6.90. The molecule has 0 aliphatic heterocycles. The minimum Gasteiger partial charge on any atom is -0.480 e. The van der Waals surface area contributed by atoms with E-state index in [-0.39, 0.29) is 18.9 Å². The Balaban J connectivity index is 1.86. The summed E-state index contributed by atoms with van der Waals surface area (Å²) in [4.78, 5) is 37.8. The minimum absolute atomic E-state index is 0.0210. The number of benzene rings is 1. The van der Waals surface area contributed by atoms with E-state index in [0.717, 1.165) is 5.56 Å². The van der Waals surface area contributed by atoms with Crippen LogP contribution in [0.1, 0.15) is 5.69 Å². The number of halogens is 1. The SMILES string of the molecule is O=C(O)CNC(=O)CNC(=O)Cc1csc(-c2ccccc2Cl)n1. The van der Waals surface area contributed by atoms with E-state index in [2.05, 4.69) is 15.6 Å². The summed E-state index contributed by atoms with van der Waals surface area (Å²) in [5.41, 5.74) is 1.36.